The van der Waals surface area contributed by atoms with Gasteiger partial charge in [-0.05, 0) is 31.0 Å². The zero-order chi connectivity index (χ0) is 11.6. The molecule has 88 valence electrons. The predicted molar refractivity (Wildman–Crippen MR) is 61.8 cm³/mol. The fourth-order valence-electron chi connectivity index (χ4n) is 2.10. The van der Waals surface area contributed by atoms with Crippen LogP contribution in [0.2, 0.25) is 0 Å². The van der Waals surface area contributed by atoms with E-state index in [1.54, 1.807) is 0 Å². The quantitative estimate of drug-likeness (QED) is 0.831. The highest BCUT2D eigenvalue weighted by atomic mass is 19.1. The van der Waals surface area contributed by atoms with Crippen molar-refractivity contribution in [3.8, 4) is 0 Å². The first-order valence-electron chi connectivity index (χ1n) is 5.80. The number of benzene rings is 1. The molecule has 0 spiro atoms. The molecule has 2 unspecified atom stereocenters. The molecule has 1 aromatic rings. The first-order chi connectivity index (χ1) is 7.66. The minimum absolute atomic E-state index is 0.202. The maximum Gasteiger partial charge on any atom is 0.123 e. The minimum Gasteiger partial charge on any atom is -0.367 e. The standard InChI is InChI=1S/C13H18FNO/c1-3-13(9-15-10(2)8-16-13)11-4-6-12(14)7-5-11/h4-7,10,15H,3,8-9H2,1-2H3. The van der Waals surface area contributed by atoms with Crippen molar-refractivity contribution in [2.45, 2.75) is 31.9 Å². The second kappa shape index (κ2) is 4.52. The Morgan fingerprint density at radius 3 is 2.62 bits per heavy atom. The van der Waals surface area contributed by atoms with Gasteiger partial charge in [0.2, 0.25) is 0 Å². The van der Waals surface area contributed by atoms with Crippen LogP contribution in [0.25, 0.3) is 0 Å². The summed E-state index contributed by atoms with van der Waals surface area (Å²) in [6.07, 6.45) is 0.887. The van der Waals surface area contributed by atoms with E-state index >= 15 is 0 Å². The van der Waals surface area contributed by atoms with Gasteiger partial charge in [0.1, 0.15) is 11.4 Å². The Morgan fingerprint density at radius 1 is 1.44 bits per heavy atom. The number of nitrogens with one attached hydrogen (secondary N) is 1. The topological polar surface area (TPSA) is 21.3 Å². The maximum absolute atomic E-state index is 12.9. The first-order valence-corrected chi connectivity index (χ1v) is 5.80. The molecule has 1 aromatic carbocycles. The van der Waals surface area contributed by atoms with Gasteiger partial charge in [0, 0.05) is 12.6 Å². The van der Waals surface area contributed by atoms with Gasteiger partial charge < -0.3 is 10.1 Å². The third-order valence-electron chi connectivity index (χ3n) is 3.29. The Balaban J connectivity index is 2.24. The molecule has 0 amide bonds. The molecule has 16 heavy (non-hydrogen) atoms. The third kappa shape index (κ3) is 2.11. The lowest BCUT2D eigenvalue weighted by atomic mass is 9.89. The van der Waals surface area contributed by atoms with E-state index in [-0.39, 0.29) is 11.4 Å². The molecule has 0 aromatic heterocycles. The molecule has 1 fully saturated rings. The molecule has 0 radical (unpaired) electrons. The van der Waals surface area contributed by atoms with Crippen LogP contribution in [0.5, 0.6) is 0 Å². The van der Waals surface area contributed by atoms with Crippen LogP contribution in [0.3, 0.4) is 0 Å². The predicted octanol–water partition coefficient (Wildman–Crippen LogP) is 2.44. The van der Waals surface area contributed by atoms with E-state index in [1.165, 1.54) is 12.1 Å². The molecule has 1 heterocycles. The van der Waals surface area contributed by atoms with Crippen molar-refractivity contribution in [1.82, 2.24) is 5.32 Å². The van der Waals surface area contributed by atoms with Gasteiger partial charge in [-0.3, -0.25) is 0 Å². The number of halogens is 1. The highest BCUT2D eigenvalue weighted by Crippen LogP contribution is 2.31. The van der Waals surface area contributed by atoms with Crippen LogP contribution in [0.4, 0.5) is 4.39 Å². The van der Waals surface area contributed by atoms with Crippen molar-refractivity contribution < 1.29 is 9.13 Å². The number of rotatable bonds is 2. The van der Waals surface area contributed by atoms with Crippen LogP contribution >= 0.6 is 0 Å². The van der Waals surface area contributed by atoms with Gasteiger partial charge in [0.25, 0.3) is 0 Å². The van der Waals surface area contributed by atoms with Crippen molar-refractivity contribution in [2.24, 2.45) is 0 Å². The second-order valence-corrected chi connectivity index (χ2v) is 4.45. The van der Waals surface area contributed by atoms with Gasteiger partial charge in [0.05, 0.1) is 6.61 Å². The van der Waals surface area contributed by atoms with E-state index in [2.05, 4.69) is 19.2 Å². The van der Waals surface area contributed by atoms with Crippen molar-refractivity contribution in [1.29, 1.82) is 0 Å². The molecule has 0 bridgehead atoms. The summed E-state index contributed by atoms with van der Waals surface area (Å²) >= 11 is 0. The summed E-state index contributed by atoms with van der Waals surface area (Å²) in [4.78, 5) is 0. The van der Waals surface area contributed by atoms with Gasteiger partial charge >= 0.3 is 0 Å². The third-order valence-corrected chi connectivity index (χ3v) is 3.29. The highest BCUT2D eigenvalue weighted by molar-refractivity contribution is 5.24. The van der Waals surface area contributed by atoms with Gasteiger partial charge in [-0.15, -0.1) is 0 Å². The van der Waals surface area contributed by atoms with E-state index in [4.69, 9.17) is 4.74 Å². The second-order valence-electron chi connectivity index (χ2n) is 4.45. The van der Waals surface area contributed by atoms with Crippen molar-refractivity contribution in [3.05, 3.63) is 35.6 Å². The average Bonchev–Trinajstić information content (AvgIpc) is 2.32. The van der Waals surface area contributed by atoms with Gasteiger partial charge in [0.15, 0.2) is 0 Å². The molecule has 3 heteroatoms. The van der Waals surface area contributed by atoms with E-state index in [9.17, 15) is 4.39 Å². The fourth-order valence-corrected chi connectivity index (χ4v) is 2.10. The van der Waals surface area contributed by atoms with Crippen LogP contribution in [0.15, 0.2) is 24.3 Å². The Hall–Kier alpha value is -0.930. The molecule has 1 aliphatic heterocycles. The lowest BCUT2D eigenvalue weighted by molar-refractivity contribution is -0.0883. The summed E-state index contributed by atoms with van der Waals surface area (Å²) in [5, 5.41) is 3.42. The highest BCUT2D eigenvalue weighted by Gasteiger charge is 2.35. The van der Waals surface area contributed by atoms with Crippen molar-refractivity contribution in [2.75, 3.05) is 13.2 Å². The molecule has 0 saturated carbocycles. The smallest absolute Gasteiger partial charge is 0.123 e. The minimum atomic E-state index is -0.291. The maximum atomic E-state index is 12.9. The van der Waals surface area contributed by atoms with Crippen LogP contribution in [0, 0.1) is 5.82 Å². The molecular formula is C13H18FNO. The van der Waals surface area contributed by atoms with Crippen LogP contribution in [-0.2, 0) is 10.3 Å². The summed E-state index contributed by atoms with van der Waals surface area (Å²) in [5.74, 6) is -0.202. The Morgan fingerprint density at radius 2 is 2.12 bits per heavy atom. The van der Waals surface area contributed by atoms with E-state index in [0.29, 0.717) is 12.6 Å². The SMILES string of the molecule is CCC1(c2ccc(F)cc2)CNC(C)CO1. The number of ether oxygens (including phenoxy) is 1. The summed E-state index contributed by atoms with van der Waals surface area (Å²) < 4.78 is 18.9. The average molecular weight is 223 g/mol. The van der Waals surface area contributed by atoms with Crippen molar-refractivity contribution in [3.63, 3.8) is 0 Å². The van der Waals surface area contributed by atoms with Gasteiger partial charge in [-0.1, -0.05) is 19.1 Å². The lowest BCUT2D eigenvalue weighted by Gasteiger charge is -2.40. The van der Waals surface area contributed by atoms with E-state index in [0.717, 1.165) is 18.5 Å². The van der Waals surface area contributed by atoms with Gasteiger partial charge in [-0.2, -0.15) is 0 Å². The summed E-state index contributed by atoms with van der Waals surface area (Å²) in [7, 11) is 0. The number of hydrogen-bond acceptors (Lipinski definition) is 2. The van der Waals surface area contributed by atoms with E-state index in [1.807, 2.05) is 12.1 Å². The molecule has 0 aliphatic carbocycles. The van der Waals surface area contributed by atoms with Gasteiger partial charge in [-0.25, -0.2) is 4.39 Å². The first kappa shape index (κ1) is 11.6. The lowest BCUT2D eigenvalue weighted by Crippen LogP contribution is -2.51. The molecular weight excluding hydrogens is 205 g/mol. The van der Waals surface area contributed by atoms with Crippen LogP contribution in [-0.4, -0.2) is 19.2 Å². The number of morpholine rings is 1. The normalized spacial score (nSPS) is 30.3. The summed E-state index contributed by atoms with van der Waals surface area (Å²) in [5.41, 5.74) is 0.760. The van der Waals surface area contributed by atoms with Crippen molar-refractivity contribution >= 4 is 0 Å². The van der Waals surface area contributed by atoms with Crippen LogP contribution in [0.1, 0.15) is 25.8 Å². The largest absolute Gasteiger partial charge is 0.367 e. The molecule has 1 aliphatic rings. The zero-order valence-corrected chi connectivity index (χ0v) is 9.79. The summed E-state index contributed by atoms with van der Waals surface area (Å²) in [6.45, 7) is 5.69. The Labute approximate surface area is 95.8 Å². The molecule has 2 rings (SSSR count). The summed E-state index contributed by atoms with van der Waals surface area (Å²) in [6, 6.07) is 7.01. The molecule has 1 N–H and O–H groups in total. The Kier molecular flexibility index (Phi) is 3.26. The Bertz CT molecular complexity index is 341. The fraction of sp³-hybridized carbons (Fsp3) is 0.538. The monoisotopic (exact) mass is 223 g/mol. The number of hydrogen-bond donors (Lipinski definition) is 1. The molecule has 1 saturated heterocycles. The van der Waals surface area contributed by atoms with Crippen LogP contribution < -0.4 is 5.32 Å². The molecule has 2 nitrogen and oxygen atoms in total. The zero-order valence-electron chi connectivity index (χ0n) is 9.79. The van der Waals surface area contributed by atoms with E-state index < -0.39 is 0 Å². The molecule has 2 atom stereocenters.